The Morgan fingerprint density at radius 2 is 1.68 bits per heavy atom. The molecule has 1 aliphatic heterocycles. The van der Waals surface area contributed by atoms with E-state index < -0.39 is 11.7 Å². The van der Waals surface area contributed by atoms with Crippen LogP contribution in [0, 0.1) is 0 Å². The van der Waals surface area contributed by atoms with Crippen LogP contribution < -0.4 is 10.7 Å². The van der Waals surface area contributed by atoms with Gasteiger partial charge in [0.1, 0.15) is 5.60 Å². The molecule has 1 aromatic rings. The van der Waals surface area contributed by atoms with E-state index in [9.17, 15) is 9.59 Å². The topological polar surface area (TPSA) is 73.9 Å². The zero-order valence-electron chi connectivity index (χ0n) is 15.5. The van der Waals surface area contributed by atoms with Gasteiger partial charge in [-0.25, -0.2) is 9.80 Å². The molecular formula is C18H28N4O3. The van der Waals surface area contributed by atoms with Gasteiger partial charge in [0.2, 0.25) is 0 Å². The summed E-state index contributed by atoms with van der Waals surface area (Å²) in [6.45, 7) is 9.34. The van der Waals surface area contributed by atoms with Gasteiger partial charge in [0.25, 0.3) is 5.91 Å². The second-order valence-electron chi connectivity index (χ2n) is 7.28. The van der Waals surface area contributed by atoms with Crippen LogP contribution in [0.3, 0.4) is 0 Å². The highest BCUT2D eigenvalue weighted by Gasteiger charge is 2.17. The lowest BCUT2D eigenvalue weighted by atomic mass is 10.1. The van der Waals surface area contributed by atoms with Gasteiger partial charge in [-0.15, -0.1) is 0 Å². The number of alkyl carbamates (subject to hydrolysis) is 1. The van der Waals surface area contributed by atoms with Gasteiger partial charge in [-0.05, 0) is 45.5 Å². The number of nitrogens with one attached hydrogen (secondary N) is 2. The fourth-order valence-electron chi connectivity index (χ4n) is 2.39. The summed E-state index contributed by atoms with van der Waals surface area (Å²) in [5, 5.41) is 4.64. The molecule has 138 valence electrons. The zero-order chi connectivity index (χ0) is 18.4. The highest BCUT2D eigenvalue weighted by Crippen LogP contribution is 2.08. The number of hydrogen-bond acceptors (Lipinski definition) is 5. The molecule has 7 nitrogen and oxygen atoms in total. The number of nitrogens with zero attached hydrogens (tertiary/aromatic N) is 2. The Bertz CT molecular complexity index is 587. The van der Waals surface area contributed by atoms with E-state index in [-0.39, 0.29) is 5.91 Å². The monoisotopic (exact) mass is 348 g/mol. The Kier molecular flexibility index (Phi) is 6.39. The first-order valence-corrected chi connectivity index (χ1v) is 8.53. The van der Waals surface area contributed by atoms with Gasteiger partial charge in [0, 0.05) is 38.3 Å². The number of hydrazine groups is 1. The number of amides is 2. The fraction of sp³-hybridized carbons (Fsp3) is 0.556. The maximum absolute atomic E-state index is 12.3. The molecule has 7 heteroatoms. The molecule has 0 saturated carbocycles. The normalized spacial score (nSPS) is 16.3. The van der Waals surface area contributed by atoms with Gasteiger partial charge >= 0.3 is 6.09 Å². The minimum atomic E-state index is -0.519. The van der Waals surface area contributed by atoms with Gasteiger partial charge in [0.15, 0.2) is 0 Å². The number of ether oxygens (including phenoxy) is 1. The van der Waals surface area contributed by atoms with E-state index >= 15 is 0 Å². The van der Waals surface area contributed by atoms with E-state index in [2.05, 4.69) is 22.7 Å². The summed E-state index contributed by atoms with van der Waals surface area (Å²) in [6, 6.07) is 7.18. The van der Waals surface area contributed by atoms with Crippen LogP contribution in [-0.2, 0) is 11.3 Å². The van der Waals surface area contributed by atoms with Crippen molar-refractivity contribution in [2.75, 3.05) is 33.2 Å². The lowest BCUT2D eigenvalue weighted by Crippen LogP contribution is -2.52. The molecule has 2 N–H and O–H groups in total. The number of hydrogen-bond donors (Lipinski definition) is 2. The third-order valence-electron chi connectivity index (χ3n) is 3.81. The summed E-state index contributed by atoms with van der Waals surface area (Å²) in [7, 11) is 2.07. The number of rotatable bonds is 4. The minimum absolute atomic E-state index is 0.115. The molecule has 0 atom stereocenters. The molecule has 1 aromatic carbocycles. The molecule has 0 spiro atoms. The van der Waals surface area contributed by atoms with Crippen molar-refractivity contribution in [1.29, 1.82) is 0 Å². The van der Waals surface area contributed by atoms with Crippen molar-refractivity contribution in [3.63, 3.8) is 0 Å². The molecular weight excluding hydrogens is 320 g/mol. The van der Waals surface area contributed by atoms with E-state index in [4.69, 9.17) is 4.74 Å². The first-order valence-electron chi connectivity index (χ1n) is 8.53. The second kappa shape index (κ2) is 8.31. The summed E-state index contributed by atoms with van der Waals surface area (Å²) in [5.74, 6) is -0.115. The quantitative estimate of drug-likeness (QED) is 0.865. The lowest BCUT2D eigenvalue weighted by Gasteiger charge is -2.32. The first-order chi connectivity index (χ1) is 11.7. The van der Waals surface area contributed by atoms with E-state index in [0.717, 1.165) is 31.7 Å². The number of carbonyl (C=O) groups excluding carboxylic acids is 2. The van der Waals surface area contributed by atoms with Crippen LogP contribution in [0.4, 0.5) is 4.79 Å². The summed E-state index contributed by atoms with van der Waals surface area (Å²) in [4.78, 5) is 26.1. The van der Waals surface area contributed by atoms with Crippen LogP contribution >= 0.6 is 0 Å². The standard InChI is InChI=1S/C18H28N4O3/c1-18(2,3)25-17(24)19-13-14-5-7-15(8-6-14)16(23)20-22-11-9-21(4)10-12-22/h5-8H,9-13H2,1-4H3,(H,19,24)(H,20,23). The van der Waals surface area contributed by atoms with Crippen molar-refractivity contribution in [3.8, 4) is 0 Å². The lowest BCUT2D eigenvalue weighted by molar-refractivity contribution is 0.0523. The molecule has 1 fully saturated rings. The fourth-order valence-corrected chi connectivity index (χ4v) is 2.39. The van der Waals surface area contributed by atoms with Crippen LogP contribution in [0.1, 0.15) is 36.7 Å². The predicted octanol–water partition coefficient (Wildman–Crippen LogP) is 1.60. The molecule has 1 saturated heterocycles. The van der Waals surface area contributed by atoms with Crippen molar-refractivity contribution in [2.45, 2.75) is 32.9 Å². The largest absolute Gasteiger partial charge is 0.444 e. The molecule has 1 aliphatic rings. The molecule has 0 aromatic heterocycles. The van der Waals surface area contributed by atoms with Gasteiger partial charge in [0.05, 0.1) is 0 Å². The van der Waals surface area contributed by atoms with Crippen LogP contribution in [0.5, 0.6) is 0 Å². The smallest absolute Gasteiger partial charge is 0.407 e. The van der Waals surface area contributed by atoms with E-state index in [1.54, 1.807) is 12.1 Å². The van der Waals surface area contributed by atoms with Crippen molar-refractivity contribution in [1.82, 2.24) is 20.7 Å². The van der Waals surface area contributed by atoms with Crippen LogP contribution in [-0.4, -0.2) is 60.7 Å². The summed E-state index contributed by atoms with van der Waals surface area (Å²) >= 11 is 0. The van der Waals surface area contributed by atoms with Crippen LogP contribution in [0.25, 0.3) is 0 Å². The molecule has 2 rings (SSSR count). The highest BCUT2D eigenvalue weighted by atomic mass is 16.6. The molecule has 2 amide bonds. The second-order valence-corrected chi connectivity index (χ2v) is 7.28. The summed E-state index contributed by atoms with van der Waals surface area (Å²) in [6.07, 6.45) is -0.454. The van der Waals surface area contributed by atoms with E-state index in [1.165, 1.54) is 0 Å². The third-order valence-corrected chi connectivity index (χ3v) is 3.81. The number of benzene rings is 1. The third kappa shape index (κ3) is 6.72. The Morgan fingerprint density at radius 3 is 2.24 bits per heavy atom. The highest BCUT2D eigenvalue weighted by molar-refractivity contribution is 5.93. The molecule has 0 unspecified atom stereocenters. The van der Waals surface area contributed by atoms with Gasteiger partial charge < -0.3 is 15.0 Å². The van der Waals surface area contributed by atoms with Crippen molar-refractivity contribution in [2.24, 2.45) is 0 Å². The Hall–Kier alpha value is -2.12. The Balaban J connectivity index is 1.80. The molecule has 0 aliphatic carbocycles. The van der Waals surface area contributed by atoms with E-state index in [1.807, 2.05) is 37.9 Å². The average Bonchev–Trinajstić information content (AvgIpc) is 2.54. The Labute approximate surface area is 149 Å². The first kappa shape index (κ1) is 19.2. The minimum Gasteiger partial charge on any atom is -0.444 e. The maximum atomic E-state index is 12.3. The average molecular weight is 348 g/mol. The number of carbonyl (C=O) groups is 2. The molecule has 0 radical (unpaired) electrons. The van der Waals surface area contributed by atoms with Gasteiger partial charge in [-0.1, -0.05) is 12.1 Å². The summed E-state index contributed by atoms with van der Waals surface area (Å²) < 4.78 is 5.19. The predicted molar refractivity (Wildman–Crippen MR) is 96.1 cm³/mol. The number of likely N-dealkylation sites (N-methyl/N-ethyl adjacent to an activating group) is 1. The van der Waals surface area contributed by atoms with Crippen molar-refractivity contribution < 1.29 is 14.3 Å². The van der Waals surface area contributed by atoms with Gasteiger partial charge in [-0.2, -0.15) is 0 Å². The van der Waals surface area contributed by atoms with E-state index in [0.29, 0.717) is 12.1 Å². The zero-order valence-corrected chi connectivity index (χ0v) is 15.5. The van der Waals surface area contributed by atoms with Crippen molar-refractivity contribution in [3.05, 3.63) is 35.4 Å². The Morgan fingerprint density at radius 1 is 1.08 bits per heavy atom. The SMILES string of the molecule is CN1CCN(NC(=O)c2ccc(CNC(=O)OC(C)(C)C)cc2)CC1. The molecule has 1 heterocycles. The van der Waals surface area contributed by atoms with Crippen LogP contribution in [0.15, 0.2) is 24.3 Å². The number of piperazine rings is 1. The summed E-state index contributed by atoms with van der Waals surface area (Å²) in [5.41, 5.74) is 3.91. The maximum Gasteiger partial charge on any atom is 0.407 e. The molecule has 0 bridgehead atoms. The van der Waals surface area contributed by atoms with Gasteiger partial charge in [-0.3, -0.25) is 10.2 Å². The molecule has 25 heavy (non-hydrogen) atoms. The van der Waals surface area contributed by atoms with Crippen molar-refractivity contribution >= 4 is 12.0 Å². The van der Waals surface area contributed by atoms with Crippen LogP contribution in [0.2, 0.25) is 0 Å².